The maximum absolute atomic E-state index is 11.4. The van der Waals surface area contributed by atoms with Gasteiger partial charge in [-0.25, -0.2) is 4.79 Å². The second-order valence-electron chi connectivity index (χ2n) is 9.30. The first kappa shape index (κ1) is 23.1. The Balaban J connectivity index is 1.33. The van der Waals surface area contributed by atoms with E-state index >= 15 is 0 Å². The molecule has 7 heteroatoms. The maximum atomic E-state index is 11.4. The van der Waals surface area contributed by atoms with Gasteiger partial charge in [0.15, 0.2) is 0 Å². The Morgan fingerprint density at radius 3 is 2.45 bits per heavy atom. The quantitative estimate of drug-likeness (QED) is 0.611. The molecule has 3 atom stereocenters. The van der Waals surface area contributed by atoms with Gasteiger partial charge in [-0.2, -0.15) is 5.26 Å². The predicted octanol–water partition coefficient (Wildman–Crippen LogP) is 3.42. The molecule has 2 aliphatic rings. The minimum Gasteiger partial charge on any atom is -0.491 e. The van der Waals surface area contributed by atoms with E-state index in [1.165, 1.54) is 18.4 Å². The number of ether oxygens (including phenoxy) is 1. The predicted molar refractivity (Wildman–Crippen MR) is 126 cm³/mol. The molecule has 0 radical (unpaired) electrons. The van der Waals surface area contributed by atoms with E-state index < -0.39 is 6.09 Å². The van der Waals surface area contributed by atoms with Crippen LogP contribution >= 0.6 is 0 Å². The van der Waals surface area contributed by atoms with E-state index in [9.17, 15) is 9.90 Å². The minimum atomic E-state index is -1.04. The summed E-state index contributed by atoms with van der Waals surface area (Å²) in [5, 5.41) is 20.9. The SMILES string of the molecule is CN(Cc1ccccc1)C1C2CCC1CN(C[C@@H](COc1ccc(C#N)cc1)NC(=O)O)C2. The maximum Gasteiger partial charge on any atom is 0.405 e. The molecule has 2 fully saturated rings. The van der Waals surface area contributed by atoms with Gasteiger partial charge in [0.05, 0.1) is 17.7 Å². The number of amides is 1. The Labute approximate surface area is 195 Å². The average molecular weight is 449 g/mol. The third-order valence-electron chi connectivity index (χ3n) is 6.88. The van der Waals surface area contributed by atoms with Crippen LogP contribution in [-0.2, 0) is 6.54 Å². The molecule has 2 unspecified atom stereocenters. The number of rotatable bonds is 9. The van der Waals surface area contributed by atoms with Gasteiger partial charge in [0.1, 0.15) is 12.4 Å². The molecular formula is C26H32N4O3. The van der Waals surface area contributed by atoms with E-state index in [-0.39, 0.29) is 12.6 Å². The van der Waals surface area contributed by atoms with E-state index in [0.717, 1.165) is 19.6 Å². The Morgan fingerprint density at radius 2 is 1.85 bits per heavy atom. The highest BCUT2D eigenvalue weighted by Crippen LogP contribution is 2.40. The van der Waals surface area contributed by atoms with Crippen LogP contribution in [0.15, 0.2) is 54.6 Å². The van der Waals surface area contributed by atoms with Crippen molar-refractivity contribution in [2.24, 2.45) is 11.8 Å². The zero-order chi connectivity index (χ0) is 23.2. The molecule has 1 saturated heterocycles. The molecule has 1 heterocycles. The van der Waals surface area contributed by atoms with Crippen molar-refractivity contribution < 1.29 is 14.6 Å². The zero-order valence-electron chi connectivity index (χ0n) is 19.1. The molecule has 174 valence electrons. The van der Waals surface area contributed by atoms with Crippen LogP contribution < -0.4 is 10.1 Å². The first-order valence-electron chi connectivity index (χ1n) is 11.6. The van der Waals surface area contributed by atoms with Crippen LogP contribution in [0.1, 0.15) is 24.0 Å². The lowest BCUT2D eigenvalue weighted by molar-refractivity contribution is 0.0497. The van der Waals surface area contributed by atoms with Crippen LogP contribution in [0.3, 0.4) is 0 Å². The number of carboxylic acid groups (broad SMARTS) is 1. The van der Waals surface area contributed by atoms with Crippen molar-refractivity contribution in [1.82, 2.24) is 15.1 Å². The van der Waals surface area contributed by atoms with Crippen LogP contribution in [0, 0.1) is 23.2 Å². The number of nitrogens with one attached hydrogen (secondary N) is 1. The molecular weight excluding hydrogens is 416 g/mol. The third kappa shape index (κ3) is 6.04. The summed E-state index contributed by atoms with van der Waals surface area (Å²) in [6.07, 6.45) is 1.41. The fraction of sp³-hybridized carbons (Fsp3) is 0.462. The molecule has 0 spiro atoms. The van der Waals surface area contributed by atoms with Crippen molar-refractivity contribution in [1.29, 1.82) is 5.26 Å². The fourth-order valence-electron chi connectivity index (χ4n) is 5.59. The van der Waals surface area contributed by atoms with E-state index in [1.54, 1.807) is 24.3 Å². The van der Waals surface area contributed by atoms with Crippen LogP contribution in [-0.4, -0.2) is 66.4 Å². The lowest BCUT2D eigenvalue weighted by atomic mass is 9.90. The van der Waals surface area contributed by atoms with Crippen LogP contribution in [0.5, 0.6) is 5.75 Å². The number of fused-ring (bicyclic) bond motifs is 2. The number of nitrogens with zero attached hydrogens (tertiary/aromatic N) is 3. The van der Waals surface area contributed by atoms with Crippen molar-refractivity contribution in [3.63, 3.8) is 0 Å². The lowest BCUT2D eigenvalue weighted by Crippen LogP contribution is -2.55. The van der Waals surface area contributed by atoms with Crippen molar-refractivity contribution in [2.45, 2.75) is 31.5 Å². The average Bonchev–Trinajstić information content (AvgIpc) is 3.09. The minimum absolute atomic E-state index is 0.251. The molecule has 33 heavy (non-hydrogen) atoms. The summed E-state index contributed by atoms with van der Waals surface area (Å²) >= 11 is 0. The molecule has 2 aromatic rings. The zero-order valence-corrected chi connectivity index (χ0v) is 19.1. The van der Waals surface area contributed by atoms with Crippen LogP contribution in [0.2, 0.25) is 0 Å². The van der Waals surface area contributed by atoms with Gasteiger partial charge in [0.2, 0.25) is 0 Å². The first-order chi connectivity index (χ1) is 16.0. The molecule has 1 aliphatic heterocycles. The van der Waals surface area contributed by atoms with E-state index in [4.69, 9.17) is 10.00 Å². The molecule has 1 amide bonds. The second kappa shape index (κ2) is 10.7. The molecule has 2 N–H and O–H groups in total. The summed E-state index contributed by atoms with van der Waals surface area (Å²) < 4.78 is 5.83. The van der Waals surface area contributed by atoms with E-state index in [0.29, 0.717) is 35.7 Å². The Bertz CT molecular complexity index is 946. The van der Waals surface area contributed by atoms with Crippen LogP contribution in [0.25, 0.3) is 0 Å². The second-order valence-corrected chi connectivity index (χ2v) is 9.30. The van der Waals surface area contributed by atoms with Crippen LogP contribution in [0.4, 0.5) is 4.79 Å². The normalized spacial score (nSPS) is 23.1. The standard InChI is InChI=1S/C26H32N4O3/c1-29(14-20-5-3-2-4-6-20)25-21-9-10-22(25)16-30(15-21)17-23(28-26(31)32)18-33-24-11-7-19(13-27)8-12-24/h2-8,11-12,21-23,25,28H,9-10,14-18H2,1H3,(H,31,32)/t21?,22?,23-,25?/m0/s1. The van der Waals surface area contributed by atoms with Gasteiger partial charge in [0.25, 0.3) is 0 Å². The van der Waals surface area contributed by atoms with Gasteiger partial charge in [-0.1, -0.05) is 30.3 Å². The summed E-state index contributed by atoms with van der Waals surface area (Å²) in [5.41, 5.74) is 1.91. The molecule has 1 aliphatic carbocycles. The van der Waals surface area contributed by atoms with Gasteiger partial charge in [-0.15, -0.1) is 0 Å². The molecule has 2 aromatic carbocycles. The summed E-state index contributed by atoms with van der Waals surface area (Å²) in [5.74, 6) is 1.83. The highest BCUT2D eigenvalue weighted by Gasteiger charge is 2.44. The first-order valence-corrected chi connectivity index (χ1v) is 11.6. The number of piperidine rings is 1. The van der Waals surface area contributed by atoms with Crippen molar-refractivity contribution in [3.05, 3.63) is 65.7 Å². The number of likely N-dealkylation sites (tertiary alicyclic amines) is 1. The molecule has 2 bridgehead atoms. The Hall–Kier alpha value is -3.08. The van der Waals surface area contributed by atoms with E-state index in [2.05, 4.69) is 58.6 Å². The molecule has 4 rings (SSSR count). The van der Waals surface area contributed by atoms with Gasteiger partial charge < -0.3 is 20.1 Å². The largest absolute Gasteiger partial charge is 0.491 e. The van der Waals surface area contributed by atoms with Crippen molar-refractivity contribution in [3.8, 4) is 11.8 Å². The number of nitriles is 1. The van der Waals surface area contributed by atoms with Crippen molar-refractivity contribution >= 4 is 6.09 Å². The number of carbonyl (C=O) groups is 1. The summed E-state index contributed by atoms with van der Waals surface area (Å²) in [4.78, 5) is 16.3. The Morgan fingerprint density at radius 1 is 1.18 bits per heavy atom. The molecule has 7 nitrogen and oxygen atoms in total. The van der Waals surface area contributed by atoms with Gasteiger partial charge >= 0.3 is 6.09 Å². The van der Waals surface area contributed by atoms with Crippen molar-refractivity contribution in [2.75, 3.05) is 33.3 Å². The van der Waals surface area contributed by atoms with Gasteiger partial charge in [0, 0.05) is 32.2 Å². The van der Waals surface area contributed by atoms with Gasteiger partial charge in [-0.05, 0) is 61.6 Å². The van der Waals surface area contributed by atoms with E-state index in [1.807, 2.05) is 0 Å². The molecule has 1 saturated carbocycles. The highest BCUT2D eigenvalue weighted by molar-refractivity contribution is 5.64. The Kier molecular flexibility index (Phi) is 7.48. The number of benzene rings is 2. The number of hydrogen-bond acceptors (Lipinski definition) is 5. The lowest BCUT2D eigenvalue weighted by Gasteiger charge is -2.43. The monoisotopic (exact) mass is 448 g/mol. The number of hydrogen-bond donors (Lipinski definition) is 2. The third-order valence-corrected chi connectivity index (χ3v) is 6.88. The highest BCUT2D eigenvalue weighted by atomic mass is 16.5. The molecule has 0 aromatic heterocycles. The topological polar surface area (TPSA) is 88.8 Å². The summed E-state index contributed by atoms with van der Waals surface area (Å²) in [7, 11) is 2.23. The fourth-order valence-corrected chi connectivity index (χ4v) is 5.59. The summed E-state index contributed by atoms with van der Waals surface area (Å²) in [6.45, 7) is 3.80. The smallest absolute Gasteiger partial charge is 0.405 e. The summed E-state index contributed by atoms with van der Waals surface area (Å²) in [6, 6.07) is 19.8. The van der Waals surface area contributed by atoms with Gasteiger partial charge in [-0.3, -0.25) is 4.90 Å².